The Morgan fingerprint density at radius 3 is 2.30 bits per heavy atom. The second kappa shape index (κ2) is 2.21. The summed E-state index contributed by atoms with van der Waals surface area (Å²) in [6.45, 7) is 7.89. The van der Waals surface area contributed by atoms with Crippen molar-refractivity contribution < 1.29 is 5.11 Å². The van der Waals surface area contributed by atoms with Gasteiger partial charge in [0, 0.05) is 12.0 Å². The molecule has 0 aromatic carbocycles. The number of hydrogen-bond donors (Lipinski definition) is 2. The van der Waals surface area contributed by atoms with Gasteiger partial charge < -0.3 is 10.4 Å². The third-order valence-electron chi connectivity index (χ3n) is 2.85. The van der Waals surface area contributed by atoms with E-state index in [1.54, 1.807) is 0 Å². The van der Waals surface area contributed by atoms with Crippen molar-refractivity contribution in [2.75, 3.05) is 13.1 Å². The summed E-state index contributed by atoms with van der Waals surface area (Å²) in [6.07, 6.45) is 1.08. The summed E-state index contributed by atoms with van der Waals surface area (Å²) in [5, 5.41) is 13.0. The summed E-state index contributed by atoms with van der Waals surface area (Å²) in [5.74, 6) is 0. The first kappa shape index (κ1) is 8.02. The minimum Gasteiger partial charge on any atom is -0.390 e. The van der Waals surface area contributed by atoms with Gasteiger partial charge in [-0.3, -0.25) is 0 Å². The predicted molar refractivity (Wildman–Crippen MR) is 41.9 cm³/mol. The Balaban J connectivity index is 2.67. The van der Waals surface area contributed by atoms with Gasteiger partial charge in [-0.15, -0.1) is 0 Å². The molecule has 1 unspecified atom stereocenters. The van der Waals surface area contributed by atoms with E-state index < -0.39 is 5.60 Å². The lowest BCUT2D eigenvalue weighted by Gasteiger charge is -2.36. The van der Waals surface area contributed by atoms with Crippen LogP contribution < -0.4 is 5.32 Å². The van der Waals surface area contributed by atoms with Crippen LogP contribution >= 0.6 is 0 Å². The molecule has 2 N–H and O–H groups in total. The average Bonchev–Trinajstić information content (AvgIpc) is 2.13. The molecule has 2 heteroatoms. The fourth-order valence-corrected chi connectivity index (χ4v) is 1.34. The molecule has 60 valence electrons. The quantitative estimate of drug-likeness (QED) is 0.568. The molecule has 0 bridgehead atoms. The van der Waals surface area contributed by atoms with E-state index >= 15 is 0 Å². The number of nitrogens with one attached hydrogen (secondary N) is 1. The molecule has 0 aromatic heterocycles. The van der Waals surface area contributed by atoms with Gasteiger partial charge in [0.25, 0.3) is 0 Å². The van der Waals surface area contributed by atoms with Crippen LogP contribution in [0.3, 0.4) is 0 Å². The van der Waals surface area contributed by atoms with Crippen LogP contribution in [0.1, 0.15) is 27.2 Å². The van der Waals surface area contributed by atoms with Crippen molar-refractivity contribution in [3.63, 3.8) is 0 Å². The molecule has 1 aliphatic heterocycles. The monoisotopic (exact) mass is 143 g/mol. The fourth-order valence-electron chi connectivity index (χ4n) is 1.34. The van der Waals surface area contributed by atoms with Crippen molar-refractivity contribution in [3.8, 4) is 0 Å². The van der Waals surface area contributed by atoms with Gasteiger partial charge in [-0.1, -0.05) is 6.92 Å². The first-order valence-electron chi connectivity index (χ1n) is 3.89. The maximum atomic E-state index is 9.74. The standard InChI is InChI=1S/C8H17NO/c1-7(2,10)8(3)4-5-9-6-8/h9-10H,4-6H2,1-3H3. The molecule has 0 spiro atoms. The molecule has 1 heterocycles. The highest BCUT2D eigenvalue weighted by molar-refractivity contribution is 4.95. The van der Waals surface area contributed by atoms with Gasteiger partial charge in [0.05, 0.1) is 5.60 Å². The van der Waals surface area contributed by atoms with Gasteiger partial charge in [0.2, 0.25) is 0 Å². The first-order valence-corrected chi connectivity index (χ1v) is 3.89. The van der Waals surface area contributed by atoms with Crippen LogP contribution in [0.25, 0.3) is 0 Å². The van der Waals surface area contributed by atoms with E-state index in [4.69, 9.17) is 0 Å². The predicted octanol–water partition coefficient (Wildman–Crippen LogP) is 0.757. The van der Waals surface area contributed by atoms with E-state index in [0.29, 0.717) is 0 Å². The Labute approximate surface area is 62.6 Å². The third kappa shape index (κ3) is 1.18. The normalized spacial score (nSPS) is 34.8. The lowest BCUT2D eigenvalue weighted by atomic mass is 9.75. The molecule has 0 saturated carbocycles. The molecular weight excluding hydrogens is 126 g/mol. The molecule has 2 nitrogen and oxygen atoms in total. The zero-order chi connectivity index (χ0) is 7.83. The Morgan fingerprint density at radius 1 is 1.50 bits per heavy atom. The largest absolute Gasteiger partial charge is 0.390 e. The number of hydrogen-bond acceptors (Lipinski definition) is 2. The highest BCUT2D eigenvalue weighted by atomic mass is 16.3. The van der Waals surface area contributed by atoms with E-state index in [-0.39, 0.29) is 5.41 Å². The van der Waals surface area contributed by atoms with Crippen molar-refractivity contribution in [2.24, 2.45) is 5.41 Å². The Kier molecular flexibility index (Phi) is 1.77. The van der Waals surface area contributed by atoms with Crippen LogP contribution in [0.5, 0.6) is 0 Å². The van der Waals surface area contributed by atoms with Crippen molar-refractivity contribution in [2.45, 2.75) is 32.8 Å². The Morgan fingerprint density at radius 2 is 2.10 bits per heavy atom. The zero-order valence-electron chi connectivity index (χ0n) is 7.07. The van der Waals surface area contributed by atoms with E-state index in [0.717, 1.165) is 19.5 Å². The second-order valence-electron chi connectivity index (χ2n) is 4.05. The van der Waals surface area contributed by atoms with Gasteiger partial charge >= 0.3 is 0 Å². The third-order valence-corrected chi connectivity index (χ3v) is 2.85. The van der Waals surface area contributed by atoms with Crippen molar-refractivity contribution in [1.82, 2.24) is 5.32 Å². The second-order valence-corrected chi connectivity index (χ2v) is 4.05. The van der Waals surface area contributed by atoms with Gasteiger partial charge in [-0.2, -0.15) is 0 Å². The summed E-state index contributed by atoms with van der Waals surface area (Å²) in [4.78, 5) is 0. The molecule has 10 heavy (non-hydrogen) atoms. The van der Waals surface area contributed by atoms with Crippen molar-refractivity contribution in [1.29, 1.82) is 0 Å². The van der Waals surface area contributed by atoms with Gasteiger partial charge in [-0.25, -0.2) is 0 Å². The Hall–Kier alpha value is -0.0800. The molecule has 1 saturated heterocycles. The lowest BCUT2D eigenvalue weighted by molar-refractivity contribution is -0.0336. The highest BCUT2D eigenvalue weighted by Crippen LogP contribution is 2.36. The van der Waals surface area contributed by atoms with Crippen molar-refractivity contribution >= 4 is 0 Å². The molecular formula is C8H17NO. The minimum absolute atomic E-state index is 0.0764. The van der Waals surface area contributed by atoms with Gasteiger partial charge in [-0.05, 0) is 26.8 Å². The van der Waals surface area contributed by atoms with Crippen LogP contribution in [-0.2, 0) is 0 Å². The molecule has 0 radical (unpaired) electrons. The molecule has 1 rings (SSSR count). The maximum Gasteiger partial charge on any atom is 0.0657 e. The van der Waals surface area contributed by atoms with E-state index in [2.05, 4.69) is 12.2 Å². The topological polar surface area (TPSA) is 32.3 Å². The average molecular weight is 143 g/mol. The van der Waals surface area contributed by atoms with Crippen LogP contribution in [0.4, 0.5) is 0 Å². The molecule has 0 amide bonds. The molecule has 0 aromatic rings. The lowest BCUT2D eigenvalue weighted by Crippen LogP contribution is -2.42. The summed E-state index contributed by atoms with van der Waals surface area (Å²) in [6, 6.07) is 0. The molecule has 0 aliphatic carbocycles. The van der Waals surface area contributed by atoms with E-state index in [1.807, 2.05) is 13.8 Å². The SMILES string of the molecule is CC(C)(O)C1(C)CCNC1. The number of aliphatic hydroxyl groups is 1. The van der Waals surface area contributed by atoms with Crippen LogP contribution in [0.2, 0.25) is 0 Å². The smallest absolute Gasteiger partial charge is 0.0657 e. The zero-order valence-corrected chi connectivity index (χ0v) is 7.07. The Bertz CT molecular complexity index is 120. The van der Waals surface area contributed by atoms with E-state index in [9.17, 15) is 5.11 Å². The number of rotatable bonds is 1. The van der Waals surface area contributed by atoms with Gasteiger partial charge in [0.15, 0.2) is 0 Å². The van der Waals surface area contributed by atoms with Crippen LogP contribution in [-0.4, -0.2) is 23.8 Å². The first-order chi connectivity index (χ1) is 4.46. The minimum atomic E-state index is -0.545. The van der Waals surface area contributed by atoms with E-state index in [1.165, 1.54) is 0 Å². The summed E-state index contributed by atoms with van der Waals surface area (Å²) in [5.41, 5.74) is -0.469. The fraction of sp³-hybridized carbons (Fsp3) is 1.00. The summed E-state index contributed by atoms with van der Waals surface area (Å²) in [7, 11) is 0. The van der Waals surface area contributed by atoms with Gasteiger partial charge in [0.1, 0.15) is 0 Å². The highest BCUT2D eigenvalue weighted by Gasteiger charge is 2.41. The van der Waals surface area contributed by atoms with Crippen LogP contribution in [0, 0.1) is 5.41 Å². The van der Waals surface area contributed by atoms with Crippen molar-refractivity contribution in [3.05, 3.63) is 0 Å². The molecule has 1 fully saturated rings. The van der Waals surface area contributed by atoms with Crippen LogP contribution in [0.15, 0.2) is 0 Å². The summed E-state index contributed by atoms with van der Waals surface area (Å²) < 4.78 is 0. The maximum absolute atomic E-state index is 9.74. The molecule has 1 atom stereocenters. The molecule has 1 aliphatic rings. The summed E-state index contributed by atoms with van der Waals surface area (Å²) >= 11 is 0.